The fraction of sp³-hybridized carbons (Fsp3) is 0.889. The first-order chi connectivity index (χ1) is 6.92. The van der Waals surface area contributed by atoms with E-state index in [2.05, 4.69) is 0 Å². The van der Waals surface area contributed by atoms with E-state index in [9.17, 15) is 8.42 Å². The van der Waals surface area contributed by atoms with Crippen molar-refractivity contribution in [3.63, 3.8) is 0 Å². The number of unbranched alkanes of at least 4 members (excludes halogenated alkanes) is 5. The van der Waals surface area contributed by atoms with Crippen LogP contribution >= 0.6 is 0 Å². The van der Waals surface area contributed by atoms with Gasteiger partial charge in [-0.15, -0.1) is 0 Å². The van der Waals surface area contributed by atoms with Crippen molar-refractivity contribution >= 4 is 16.0 Å². The summed E-state index contributed by atoms with van der Waals surface area (Å²) in [6, 6.07) is 0. The van der Waals surface area contributed by atoms with E-state index in [1.165, 1.54) is 0 Å². The van der Waals surface area contributed by atoms with Gasteiger partial charge in [-0.05, 0) is 12.8 Å². The van der Waals surface area contributed by atoms with Crippen LogP contribution in [0.25, 0.3) is 0 Å². The van der Waals surface area contributed by atoms with Crippen LogP contribution in [0.1, 0.15) is 44.9 Å². The molecule has 0 saturated carbocycles. The zero-order valence-electron chi connectivity index (χ0n) is 8.91. The number of amidine groups is 1. The lowest BCUT2D eigenvalue weighted by molar-refractivity contribution is 0.478. The summed E-state index contributed by atoms with van der Waals surface area (Å²) in [6.07, 6.45) is 5.92. The molecule has 0 aliphatic carbocycles. The van der Waals surface area contributed by atoms with Crippen molar-refractivity contribution in [2.75, 3.05) is 5.75 Å². The quantitative estimate of drug-likeness (QED) is 0.244. The topological polar surface area (TPSA) is 104 Å². The van der Waals surface area contributed by atoms with Gasteiger partial charge in [-0.1, -0.05) is 25.7 Å². The van der Waals surface area contributed by atoms with E-state index in [0.717, 1.165) is 32.1 Å². The van der Waals surface area contributed by atoms with Crippen molar-refractivity contribution in [1.29, 1.82) is 5.41 Å². The molecule has 4 N–H and O–H groups in total. The van der Waals surface area contributed by atoms with Crippen LogP contribution in [-0.4, -0.2) is 24.6 Å². The van der Waals surface area contributed by atoms with Crippen LogP contribution < -0.4 is 5.73 Å². The molecule has 0 bridgehead atoms. The average Bonchev–Trinajstić information content (AvgIpc) is 2.07. The van der Waals surface area contributed by atoms with Gasteiger partial charge in [-0.25, -0.2) is 0 Å². The molecule has 0 aromatic carbocycles. The summed E-state index contributed by atoms with van der Waals surface area (Å²) in [6.45, 7) is 0. The van der Waals surface area contributed by atoms with Gasteiger partial charge in [0.25, 0.3) is 10.1 Å². The van der Waals surface area contributed by atoms with Gasteiger partial charge in [-0.3, -0.25) is 9.96 Å². The monoisotopic (exact) mass is 236 g/mol. The third kappa shape index (κ3) is 13.4. The van der Waals surface area contributed by atoms with Gasteiger partial charge in [0.15, 0.2) is 0 Å². The van der Waals surface area contributed by atoms with Crippen molar-refractivity contribution in [3.8, 4) is 0 Å². The van der Waals surface area contributed by atoms with E-state index in [4.69, 9.17) is 15.7 Å². The van der Waals surface area contributed by atoms with Crippen molar-refractivity contribution in [2.45, 2.75) is 44.9 Å². The first-order valence-corrected chi connectivity index (χ1v) is 6.81. The second-order valence-electron chi connectivity index (χ2n) is 3.68. The molecular weight excluding hydrogens is 216 g/mol. The van der Waals surface area contributed by atoms with Gasteiger partial charge >= 0.3 is 0 Å². The Morgan fingerprint density at radius 3 is 2.00 bits per heavy atom. The Bertz CT molecular complexity index is 275. The van der Waals surface area contributed by atoms with Gasteiger partial charge in [0.1, 0.15) is 0 Å². The van der Waals surface area contributed by atoms with Crippen LogP contribution in [0.15, 0.2) is 0 Å². The average molecular weight is 236 g/mol. The molecular formula is C9H20N2O3S. The molecule has 0 rings (SSSR count). The number of nitrogens with one attached hydrogen (secondary N) is 1. The fourth-order valence-corrected chi connectivity index (χ4v) is 1.88. The Morgan fingerprint density at radius 1 is 1.07 bits per heavy atom. The summed E-state index contributed by atoms with van der Waals surface area (Å²) in [4.78, 5) is 0. The van der Waals surface area contributed by atoms with Crippen molar-refractivity contribution in [1.82, 2.24) is 0 Å². The minimum absolute atomic E-state index is 0.138. The first kappa shape index (κ1) is 14.4. The maximum absolute atomic E-state index is 10.4. The third-order valence-electron chi connectivity index (χ3n) is 2.10. The zero-order chi connectivity index (χ0) is 11.7. The van der Waals surface area contributed by atoms with Crippen LogP contribution in [0.4, 0.5) is 0 Å². The fourth-order valence-electron chi connectivity index (χ4n) is 1.31. The van der Waals surface area contributed by atoms with E-state index in [0.29, 0.717) is 12.8 Å². The summed E-state index contributed by atoms with van der Waals surface area (Å²) < 4.78 is 29.2. The number of hydrogen-bond acceptors (Lipinski definition) is 3. The molecule has 0 aliphatic heterocycles. The third-order valence-corrected chi connectivity index (χ3v) is 2.90. The normalized spacial score (nSPS) is 11.5. The molecule has 6 heteroatoms. The Kier molecular flexibility index (Phi) is 7.33. The second-order valence-corrected chi connectivity index (χ2v) is 5.25. The van der Waals surface area contributed by atoms with Crippen LogP contribution in [0.3, 0.4) is 0 Å². The Balaban J connectivity index is 3.16. The highest BCUT2D eigenvalue weighted by molar-refractivity contribution is 7.85. The maximum Gasteiger partial charge on any atom is 0.264 e. The number of hydrogen-bond donors (Lipinski definition) is 3. The van der Waals surface area contributed by atoms with Crippen molar-refractivity contribution in [2.24, 2.45) is 5.73 Å². The van der Waals surface area contributed by atoms with Gasteiger partial charge in [0.2, 0.25) is 0 Å². The van der Waals surface area contributed by atoms with E-state index in [1.54, 1.807) is 0 Å². The lowest BCUT2D eigenvalue weighted by Gasteiger charge is -2.00. The van der Waals surface area contributed by atoms with Crippen molar-refractivity contribution < 1.29 is 13.0 Å². The zero-order valence-corrected chi connectivity index (χ0v) is 9.72. The second kappa shape index (κ2) is 7.64. The Morgan fingerprint density at radius 2 is 1.53 bits per heavy atom. The van der Waals surface area contributed by atoms with E-state index in [-0.39, 0.29) is 11.6 Å². The van der Waals surface area contributed by atoms with Gasteiger partial charge in [0, 0.05) is 6.42 Å². The summed E-state index contributed by atoms with van der Waals surface area (Å²) in [5.74, 6) is 0.0850. The molecule has 0 aromatic heterocycles. The number of rotatable bonds is 9. The SMILES string of the molecule is N=C(N)CCCCCCCCS(=O)(=O)O. The molecule has 0 amide bonds. The molecule has 0 aliphatic rings. The maximum atomic E-state index is 10.4. The largest absolute Gasteiger partial charge is 0.388 e. The molecule has 5 nitrogen and oxygen atoms in total. The summed E-state index contributed by atoms with van der Waals surface area (Å²) in [7, 11) is -3.78. The standard InChI is InChI=1S/C9H20N2O3S/c10-9(11)7-5-3-1-2-4-6-8-15(12,13)14/h1-8H2,(H3,10,11)(H,12,13,14). The predicted octanol–water partition coefficient (Wildman–Crippen LogP) is 1.54. The van der Waals surface area contributed by atoms with E-state index >= 15 is 0 Å². The molecule has 0 heterocycles. The molecule has 0 fully saturated rings. The number of nitrogens with two attached hydrogens (primary N) is 1. The van der Waals surface area contributed by atoms with Gasteiger partial charge in [-0.2, -0.15) is 8.42 Å². The summed E-state index contributed by atoms with van der Waals surface area (Å²) >= 11 is 0. The summed E-state index contributed by atoms with van der Waals surface area (Å²) in [5.41, 5.74) is 5.19. The Hall–Kier alpha value is -0.620. The molecule has 0 aromatic rings. The van der Waals surface area contributed by atoms with Crippen molar-refractivity contribution in [3.05, 3.63) is 0 Å². The van der Waals surface area contributed by atoms with Gasteiger partial charge in [0.05, 0.1) is 11.6 Å². The molecule has 0 saturated heterocycles. The molecule has 0 spiro atoms. The Labute approximate surface area is 91.3 Å². The minimum atomic E-state index is -3.78. The highest BCUT2D eigenvalue weighted by Crippen LogP contribution is 2.07. The van der Waals surface area contributed by atoms with Gasteiger partial charge < -0.3 is 5.73 Å². The van der Waals surface area contributed by atoms with Crippen LogP contribution in [0.2, 0.25) is 0 Å². The predicted molar refractivity (Wildman–Crippen MR) is 60.6 cm³/mol. The lowest BCUT2D eigenvalue weighted by atomic mass is 10.1. The molecule has 0 atom stereocenters. The molecule has 0 radical (unpaired) electrons. The van der Waals surface area contributed by atoms with Crippen LogP contribution in [0.5, 0.6) is 0 Å². The van der Waals surface area contributed by atoms with Crippen LogP contribution in [0, 0.1) is 5.41 Å². The van der Waals surface area contributed by atoms with E-state index < -0.39 is 10.1 Å². The first-order valence-electron chi connectivity index (χ1n) is 5.20. The highest BCUT2D eigenvalue weighted by atomic mass is 32.2. The summed E-state index contributed by atoms with van der Waals surface area (Å²) in [5, 5.41) is 6.99. The van der Waals surface area contributed by atoms with Crippen LogP contribution in [-0.2, 0) is 10.1 Å². The molecule has 15 heavy (non-hydrogen) atoms. The lowest BCUT2D eigenvalue weighted by Crippen LogP contribution is -2.08. The minimum Gasteiger partial charge on any atom is -0.388 e. The van der Waals surface area contributed by atoms with E-state index in [1.807, 2.05) is 0 Å². The highest BCUT2D eigenvalue weighted by Gasteiger charge is 2.02. The molecule has 90 valence electrons. The smallest absolute Gasteiger partial charge is 0.264 e. The molecule has 0 unspecified atom stereocenters.